The number of aromatic nitrogens is 1. The average molecular weight is 284 g/mol. The third kappa shape index (κ3) is 2.51. The third-order valence-electron chi connectivity index (χ3n) is 4.70. The minimum Gasteiger partial charge on any atom is -0.343 e. The first kappa shape index (κ1) is 14.3. The molecule has 2 aromatic rings. The summed E-state index contributed by atoms with van der Waals surface area (Å²) in [6, 6.07) is 6.15. The number of carbonyl (C=O) groups is 1. The normalized spacial score (nSPS) is 16.0. The molecule has 0 atom stereocenters. The minimum absolute atomic E-state index is 0.145. The first-order chi connectivity index (χ1) is 10.1. The van der Waals surface area contributed by atoms with Crippen LogP contribution < -0.4 is 0 Å². The predicted molar refractivity (Wildman–Crippen MR) is 87.1 cm³/mol. The Morgan fingerprint density at radius 2 is 2.05 bits per heavy atom. The van der Waals surface area contributed by atoms with E-state index in [4.69, 9.17) is 0 Å². The number of benzene rings is 1. The van der Waals surface area contributed by atoms with Gasteiger partial charge in [-0.25, -0.2) is 0 Å². The second-order valence-electron chi connectivity index (χ2n) is 6.10. The summed E-state index contributed by atoms with van der Waals surface area (Å²) in [5.74, 6) is 0.145. The molecule has 0 saturated carbocycles. The molecule has 0 N–H and O–H groups in total. The Balaban J connectivity index is 2.05. The molecule has 0 radical (unpaired) electrons. The van der Waals surface area contributed by atoms with Crippen molar-refractivity contribution in [2.75, 3.05) is 19.6 Å². The fourth-order valence-corrected chi connectivity index (χ4v) is 3.53. The molecule has 1 aliphatic rings. The molecule has 0 amide bonds. The summed E-state index contributed by atoms with van der Waals surface area (Å²) in [7, 11) is 0. The highest BCUT2D eigenvalue weighted by atomic mass is 16.1. The van der Waals surface area contributed by atoms with E-state index in [1.54, 1.807) is 6.92 Å². The van der Waals surface area contributed by atoms with Gasteiger partial charge < -0.3 is 9.47 Å². The van der Waals surface area contributed by atoms with Crippen LogP contribution in [0.2, 0.25) is 0 Å². The smallest absolute Gasteiger partial charge is 0.159 e. The molecule has 0 spiro atoms. The number of ketones is 1. The van der Waals surface area contributed by atoms with Crippen molar-refractivity contribution in [1.29, 1.82) is 0 Å². The van der Waals surface area contributed by atoms with Crippen molar-refractivity contribution in [1.82, 2.24) is 9.47 Å². The van der Waals surface area contributed by atoms with Gasteiger partial charge in [-0.05, 0) is 38.4 Å². The molecule has 3 nitrogen and oxygen atoms in total. The molecule has 1 aromatic carbocycles. The lowest BCUT2D eigenvalue weighted by molar-refractivity contribution is 0.101. The highest BCUT2D eigenvalue weighted by molar-refractivity contribution is 5.98. The van der Waals surface area contributed by atoms with Gasteiger partial charge in [0.25, 0.3) is 0 Å². The molecule has 112 valence electrons. The molecule has 2 heterocycles. The molecule has 0 aliphatic carbocycles. The molecule has 0 bridgehead atoms. The monoisotopic (exact) mass is 284 g/mol. The zero-order chi connectivity index (χ0) is 15.0. The van der Waals surface area contributed by atoms with Crippen LogP contribution >= 0.6 is 0 Å². The number of carbonyl (C=O) groups excluding carboxylic acids is 1. The average Bonchev–Trinajstić information content (AvgIpc) is 2.63. The van der Waals surface area contributed by atoms with E-state index >= 15 is 0 Å². The summed E-state index contributed by atoms with van der Waals surface area (Å²) in [4.78, 5) is 14.2. The summed E-state index contributed by atoms with van der Waals surface area (Å²) in [5.41, 5.74) is 4.88. The largest absolute Gasteiger partial charge is 0.343 e. The lowest BCUT2D eigenvalue weighted by atomic mass is 10.1. The van der Waals surface area contributed by atoms with E-state index < -0.39 is 0 Å². The highest BCUT2D eigenvalue weighted by Gasteiger charge is 2.19. The van der Waals surface area contributed by atoms with Gasteiger partial charge in [-0.2, -0.15) is 0 Å². The maximum Gasteiger partial charge on any atom is 0.159 e. The molecule has 0 unspecified atom stereocenters. The molecule has 3 rings (SSSR count). The zero-order valence-electron chi connectivity index (χ0n) is 13.3. The lowest BCUT2D eigenvalue weighted by Gasteiger charge is -2.18. The first-order valence-corrected chi connectivity index (χ1v) is 7.96. The van der Waals surface area contributed by atoms with Crippen molar-refractivity contribution >= 4 is 16.7 Å². The Hall–Kier alpha value is -1.61. The van der Waals surface area contributed by atoms with Crippen LogP contribution in [0.1, 0.15) is 41.9 Å². The number of fused-ring (bicyclic) bond motifs is 3. The number of hydrogen-bond acceptors (Lipinski definition) is 2. The van der Waals surface area contributed by atoms with E-state index in [9.17, 15) is 4.79 Å². The van der Waals surface area contributed by atoms with Crippen LogP contribution in [0.4, 0.5) is 0 Å². The molecule has 1 aliphatic heterocycles. The zero-order valence-corrected chi connectivity index (χ0v) is 13.3. The van der Waals surface area contributed by atoms with Crippen molar-refractivity contribution < 1.29 is 4.79 Å². The van der Waals surface area contributed by atoms with Crippen LogP contribution in [0, 0.1) is 6.92 Å². The summed E-state index contributed by atoms with van der Waals surface area (Å²) in [6.45, 7) is 10.6. The van der Waals surface area contributed by atoms with Gasteiger partial charge in [0, 0.05) is 48.2 Å². The van der Waals surface area contributed by atoms with Crippen LogP contribution in [0.3, 0.4) is 0 Å². The summed E-state index contributed by atoms with van der Waals surface area (Å²) < 4.78 is 2.44. The fourth-order valence-electron chi connectivity index (χ4n) is 3.53. The van der Waals surface area contributed by atoms with Gasteiger partial charge in [-0.15, -0.1) is 0 Å². The molecule has 3 heteroatoms. The van der Waals surface area contributed by atoms with Gasteiger partial charge in [0.15, 0.2) is 5.78 Å². The lowest BCUT2D eigenvalue weighted by Crippen LogP contribution is -2.27. The fraction of sp³-hybridized carbons (Fsp3) is 0.500. The van der Waals surface area contributed by atoms with Crippen LogP contribution in [-0.2, 0) is 13.0 Å². The van der Waals surface area contributed by atoms with E-state index in [-0.39, 0.29) is 5.78 Å². The maximum absolute atomic E-state index is 11.7. The maximum atomic E-state index is 11.7. The number of rotatable bonds is 3. The number of nitrogens with zero attached hydrogens (tertiary/aromatic N) is 2. The third-order valence-corrected chi connectivity index (χ3v) is 4.70. The summed E-state index contributed by atoms with van der Waals surface area (Å²) >= 11 is 0. The quantitative estimate of drug-likeness (QED) is 0.807. The number of Topliss-reactive ketones (excluding diaryl/α,β-unsaturated/α-hetero) is 1. The number of aryl methyl sites for hydroxylation is 1. The Bertz CT molecular complexity index is 684. The van der Waals surface area contributed by atoms with Gasteiger partial charge >= 0.3 is 0 Å². The van der Waals surface area contributed by atoms with Crippen molar-refractivity contribution in [3.8, 4) is 0 Å². The standard InChI is InChI=1S/C18H24N2O/c1-4-8-19-9-7-17-13(2)16-6-5-15(14(3)21)12-18(16)20(17)11-10-19/h5-6,12H,4,7-11H2,1-3H3. The van der Waals surface area contributed by atoms with E-state index in [0.717, 1.165) is 31.6 Å². The molecular formula is C18H24N2O. The van der Waals surface area contributed by atoms with Crippen LogP contribution in [0.25, 0.3) is 10.9 Å². The van der Waals surface area contributed by atoms with Crippen LogP contribution in [-0.4, -0.2) is 34.9 Å². The van der Waals surface area contributed by atoms with Gasteiger partial charge in [0.1, 0.15) is 0 Å². The van der Waals surface area contributed by atoms with E-state index in [1.807, 2.05) is 6.07 Å². The van der Waals surface area contributed by atoms with Crippen LogP contribution in [0.5, 0.6) is 0 Å². The second kappa shape index (κ2) is 5.64. The van der Waals surface area contributed by atoms with Gasteiger partial charge in [0.05, 0.1) is 0 Å². The van der Waals surface area contributed by atoms with Gasteiger partial charge in [-0.3, -0.25) is 4.79 Å². The molecule has 1 aromatic heterocycles. The van der Waals surface area contributed by atoms with Crippen molar-refractivity contribution in [3.63, 3.8) is 0 Å². The Kier molecular flexibility index (Phi) is 3.85. The molecule has 0 saturated heterocycles. The highest BCUT2D eigenvalue weighted by Crippen LogP contribution is 2.28. The Morgan fingerprint density at radius 1 is 1.24 bits per heavy atom. The molecule has 0 fully saturated rings. The number of hydrogen-bond donors (Lipinski definition) is 0. The van der Waals surface area contributed by atoms with Crippen molar-refractivity contribution in [2.45, 2.75) is 40.2 Å². The summed E-state index contributed by atoms with van der Waals surface area (Å²) in [5, 5.41) is 1.30. The minimum atomic E-state index is 0.145. The molecule has 21 heavy (non-hydrogen) atoms. The van der Waals surface area contributed by atoms with E-state index in [0.29, 0.717) is 0 Å². The van der Waals surface area contributed by atoms with E-state index in [2.05, 4.69) is 35.4 Å². The van der Waals surface area contributed by atoms with Gasteiger partial charge in [-0.1, -0.05) is 19.1 Å². The second-order valence-corrected chi connectivity index (χ2v) is 6.10. The van der Waals surface area contributed by atoms with Gasteiger partial charge in [0.2, 0.25) is 0 Å². The predicted octanol–water partition coefficient (Wildman–Crippen LogP) is 3.42. The Labute approximate surface area is 126 Å². The van der Waals surface area contributed by atoms with Crippen molar-refractivity contribution in [2.24, 2.45) is 0 Å². The Morgan fingerprint density at radius 3 is 2.76 bits per heavy atom. The molecular weight excluding hydrogens is 260 g/mol. The van der Waals surface area contributed by atoms with Crippen LogP contribution in [0.15, 0.2) is 18.2 Å². The first-order valence-electron chi connectivity index (χ1n) is 7.96. The van der Waals surface area contributed by atoms with E-state index in [1.165, 1.54) is 35.1 Å². The van der Waals surface area contributed by atoms with Crippen molar-refractivity contribution in [3.05, 3.63) is 35.0 Å². The summed E-state index contributed by atoms with van der Waals surface area (Å²) in [6.07, 6.45) is 2.32. The topological polar surface area (TPSA) is 25.2 Å². The SMILES string of the molecule is CCCN1CCc2c(C)c3ccc(C(C)=O)cc3n2CC1.